The van der Waals surface area contributed by atoms with E-state index in [4.69, 9.17) is 0 Å². The van der Waals surface area contributed by atoms with Gasteiger partial charge in [-0.2, -0.15) is 0 Å². The Hall–Kier alpha value is -2.18. The SMILES string of the molecule is CSc1ccccc1C(=O)C1CCCN(C(=O)CN(C)Cc2cccnc2)C1. The van der Waals surface area contributed by atoms with Crippen LogP contribution in [0.3, 0.4) is 0 Å². The number of Topliss-reactive ketones (excluding diaryl/α,β-unsaturated/α-hetero) is 1. The Labute approximate surface area is 171 Å². The second-order valence-corrected chi connectivity index (χ2v) is 8.13. The summed E-state index contributed by atoms with van der Waals surface area (Å²) in [5.74, 6) is 0.128. The van der Waals surface area contributed by atoms with Gasteiger partial charge in [0.05, 0.1) is 6.54 Å². The van der Waals surface area contributed by atoms with Gasteiger partial charge in [0.1, 0.15) is 0 Å². The lowest BCUT2D eigenvalue weighted by Gasteiger charge is -2.33. The fourth-order valence-electron chi connectivity index (χ4n) is 3.68. The van der Waals surface area contributed by atoms with Crippen LogP contribution in [0.25, 0.3) is 0 Å². The van der Waals surface area contributed by atoms with Gasteiger partial charge in [0.15, 0.2) is 5.78 Å². The van der Waals surface area contributed by atoms with Crippen LogP contribution in [0.15, 0.2) is 53.7 Å². The maximum absolute atomic E-state index is 13.0. The standard InChI is InChI=1S/C22H27N3O2S/c1-24(14-17-7-5-11-23-13-17)16-21(26)25-12-6-8-18(15-25)22(27)19-9-3-4-10-20(19)28-2/h3-5,7,9-11,13,18H,6,8,12,14-16H2,1-2H3. The zero-order chi connectivity index (χ0) is 19.9. The number of hydrogen-bond donors (Lipinski definition) is 0. The third kappa shape index (κ3) is 5.20. The second kappa shape index (κ2) is 9.85. The molecule has 3 rings (SSSR count). The predicted molar refractivity (Wildman–Crippen MR) is 112 cm³/mol. The molecule has 6 heteroatoms. The molecule has 5 nitrogen and oxygen atoms in total. The minimum Gasteiger partial charge on any atom is -0.341 e. The van der Waals surface area contributed by atoms with Crippen molar-refractivity contribution in [1.29, 1.82) is 0 Å². The van der Waals surface area contributed by atoms with E-state index in [1.807, 2.05) is 65.7 Å². The number of carbonyl (C=O) groups is 2. The summed E-state index contributed by atoms with van der Waals surface area (Å²) in [4.78, 5) is 34.8. The predicted octanol–water partition coefficient (Wildman–Crippen LogP) is 3.36. The molecule has 0 radical (unpaired) electrons. The molecule has 148 valence electrons. The van der Waals surface area contributed by atoms with Crippen LogP contribution < -0.4 is 0 Å². The van der Waals surface area contributed by atoms with Crippen LogP contribution in [0.5, 0.6) is 0 Å². The minimum atomic E-state index is -0.116. The summed E-state index contributed by atoms with van der Waals surface area (Å²) in [6.07, 6.45) is 7.27. The number of thioether (sulfide) groups is 1. The van der Waals surface area contributed by atoms with Crippen LogP contribution in [0.2, 0.25) is 0 Å². The molecule has 1 atom stereocenters. The van der Waals surface area contributed by atoms with Crippen LogP contribution in [0.4, 0.5) is 0 Å². The molecule has 2 heterocycles. The number of aromatic nitrogens is 1. The van der Waals surface area contributed by atoms with E-state index < -0.39 is 0 Å². The second-order valence-electron chi connectivity index (χ2n) is 7.28. The first-order valence-electron chi connectivity index (χ1n) is 9.61. The van der Waals surface area contributed by atoms with Crippen molar-refractivity contribution < 1.29 is 9.59 Å². The Morgan fingerprint density at radius 2 is 2.07 bits per heavy atom. The first-order chi connectivity index (χ1) is 13.6. The van der Waals surface area contributed by atoms with Crippen molar-refractivity contribution in [3.8, 4) is 0 Å². The van der Waals surface area contributed by atoms with Crippen molar-refractivity contribution in [3.05, 3.63) is 59.9 Å². The van der Waals surface area contributed by atoms with Crippen molar-refractivity contribution in [3.63, 3.8) is 0 Å². The Kier molecular flexibility index (Phi) is 7.23. The zero-order valence-electron chi connectivity index (χ0n) is 16.5. The molecule has 2 aromatic rings. The molecular formula is C22H27N3O2S. The summed E-state index contributed by atoms with van der Waals surface area (Å²) in [6.45, 7) is 2.27. The number of rotatable bonds is 7. The van der Waals surface area contributed by atoms with Gasteiger partial charge in [-0.3, -0.25) is 19.5 Å². The molecule has 1 fully saturated rings. The number of ketones is 1. The van der Waals surface area contributed by atoms with E-state index in [-0.39, 0.29) is 17.6 Å². The summed E-state index contributed by atoms with van der Waals surface area (Å²) in [5, 5.41) is 0. The summed E-state index contributed by atoms with van der Waals surface area (Å²) in [7, 11) is 1.94. The Balaban J connectivity index is 1.59. The van der Waals surface area contributed by atoms with Crippen LogP contribution in [-0.4, -0.2) is 59.4 Å². The molecule has 0 bridgehead atoms. The number of likely N-dealkylation sites (tertiary alicyclic amines) is 1. The lowest BCUT2D eigenvalue weighted by Crippen LogP contribution is -2.46. The van der Waals surface area contributed by atoms with Crippen LogP contribution in [0.1, 0.15) is 28.8 Å². The van der Waals surface area contributed by atoms with E-state index >= 15 is 0 Å². The van der Waals surface area contributed by atoms with Gasteiger partial charge in [-0.05, 0) is 43.8 Å². The molecular weight excluding hydrogens is 370 g/mol. The Morgan fingerprint density at radius 1 is 1.25 bits per heavy atom. The van der Waals surface area contributed by atoms with Crippen LogP contribution in [-0.2, 0) is 11.3 Å². The zero-order valence-corrected chi connectivity index (χ0v) is 17.3. The van der Waals surface area contributed by atoms with Crippen molar-refractivity contribution in [2.75, 3.05) is 32.9 Å². The highest BCUT2D eigenvalue weighted by molar-refractivity contribution is 7.98. The molecule has 28 heavy (non-hydrogen) atoms. The Bertz CT molecular complexity index is 812. The third-order valence-electron chi connectivity index (χ3n) is 5.10. The molecule has 0 saturated carbocycles. The van der Waals surface area contributed by atoms with E-state index in [0.29, 0.717) is 19.6 Å². The quantitative estimate of drug-likeness (QED) is 0.530. The number of pyridine rings is 1. The monoisotopic (exact) mass is 397 g/mol. The van der Waals surface area contributed by atoms with Gasteiger partial charge in [-0.1, -0.05) is 24.3 Å². The normalized spacial score (nSPS) is 17.0. The number of nitrogens with zero attached hydrogens (tertiary/aromatic N) is 3. The van der Waals surface area contributed by atoms with Gasteiger partial charge in [0, 0.05) is 48.4 Å². The number of piperidine rings is 1. The molecule has 1 aliphatic rings. The van der Waals surface area contributed by atoms with Gasteiger partial charge < -0.3 is 4.90 Å². The first-order valence-corrected chi connectivity index (χ1v) is 10.8. The molecule has 1 aromatic carbocycles. The molecule has 1 amide bonds. The summed E-state index contributed by atoms with van der Waals surface area (Å²) in [5.41, 5.74) is 1.86. The van der Waals surface area contributed by atoms with E-state index in [0.717, 1.165) is 35.4 Å². The number of hydrogen-bond acceptors (Lipinski definition) is 5. The van der Waals surface area contributed by atoms with Crippen molar-refractivity contribution in [2.24, 2.45) is 5.92 Å². The maximum atomic E-state index is 13.0. The molecule has 0 spiro atoms. The number of likely N-dealkylation sites (N-methyl/N-ethyl adjacent to an activating group) is 1. The van der Waals surface area contributed by atoms with Gasteiger partial charge in [0.2, 0.25) is 5.91 Å². The average Bonchev–Trinajstić information content (AvgIpc) is 2.74. The fraction of sp³-hybridized carbons (Fsp3) is 0.409. The lowest BCUT2D eigenvalue weighted by molar-refractivity contribution is -0.133. The van der Waals surface area contributed by atoms with E-state index in [9.17, 15) is 9.59 Å². The highest BCUT2D eigenvalue weighted by Gasteiger charge is 2.30. The summed E-state index contributed by atoms with van der Waals surface area (Å²) < 4.78 is 0. The van der Waals surface area contributed by atoms with Crippen molar-refractivity contribution in [2.45, 2.75) is 24.3 Å². The van der Waals surface area contributed by atoms with Crippen LogP contribution >= 0.6 is 11.8 Å². The lowest BCUT2D eigenvalue weighted by atomic mass is 9.90. The summed E-state index contributed by atoms with van der Waals surface area (Å²) >= 11 is 1.59. The minimum absolute atomic E-state index is 0.0852. The number of amides is 1. The van der Waals surface area contributed by atoms with E-state index in [2.05, 4.69) is 4.98 Å². The highest BCUT2D eigenvalue weighted by Crippen LogP contribution is 2.26. The maximum Gasteiger partial charge on any atom is 0.236 e. The van der Waals surface area contributed by atoms with Gasteiger partial charge >= 0.3 is 0 Å². The molecule has 1 saturated heterocycles. The van der Waals surface area contributed by atoms with Gasteiger partial charge in [-0.25, -0.2) is 0 Å². The first kappa shape index (κ1) is 20.6. The third-order valence-corrected chi connectivity index (χ3v) is 5.89. The van der Waals surface area contributed by atoms with Gasteiger partial charge in [-0.15, -0.1) is 11.8 Å². The van der Waals surface area contributed by atoms with E-state index in [1.54, 1.807) is 18.0 Å². The number of benzene rings is 1. The summed E-state index contributed by atoms with van der Waals surface area (Å²) in [6, 6.07) is 11.7. The number of carbonyl (C=O) groups excluding carboxylic acids is 2. The van der Waals surface area contributed by atoms with Crippen LogP contribution in [0, 0.1) is 5.92 Å². The highest BCUT2D eigenvalue weighted by atomic mass is 32.2. The molecule has 0 N–H and O–H groups in total. The van der Waals surface area contributed by atoms with Crippen molar-refractivity contribution in [1.82, 2.24) is 14.8 Å². The van der Waals surface area contributed by atoms with E-state index in [1.165, 1.54) is 0 Å². The molecule has 1 aliphatic heterocycles. The topological polar surface area (TPSA) is 53.5 Å². The average molecular weight is 398 g/mol. The van der Waals surface area contributed by atoms with Crippen molar-refractivity contribution >= 4 is 23.5 Å². The molecule has 1 unspecified atom stereocenters. The fourth-order valence-corrected chi connectivity index (χ4v) is 4.28. The largest absolute Gasteiger partial charge is 0.341 e. The van der Waals surface area contributed by atoms with Gasteiger partial charge in [0.25, 0.3) is 0 Å². The smallest absolute Gasteiger partial charge is 0.236 e. The molecule has 0 aliphatic carbocycles. The Morgan fingerprint density at radius 3 is 2.82 bits per heavy atom. The molecule has 1 aromatic heterocycles.